The minimum Gasteiger partial charge on any atom is -0.378 e. The SMILES string of the molecule is O=C(c1n[nH]c2c1CCCC2)N1CCc2ccc(N3CCOCC3)cc21. The van der Waals surface area contributed by atoms with E-state index in [-0.39, 0.29) is 5.91 Å². The number of carbonyl (C=O) groups is 1. The first-order valence-electron chi connectivity index (χ1n) is 9.65. The molecular weight excluding hydrogens is 328 g/mol. The van der Waals surface area contributed by atoms with Gasteiger partial charge in [0.15, 0.2) is 5.69 Å². The minimum atomic E-state index is 0.0438. The molecule has 26 heavy (non-hydrogen) atoms. The van der Waals surface area contributed by atoms with Gasteiger partial charge in [0.1, 0.15) is 0 Å². The lowest BCUT2D eigenvalue weighted by molar-refractivity contribution is 0.0983. The van der Waals surface area contributed by atoms with Crippen molar-refractivity contribution < 1.29 is 9.53 Å². The van der Waals surface area contributed by atoms with Crippen molar-refractivity contribution in [2.24, 2.45) is 0 Å². The summed E-state index contributed by atoms with van der Waals surface area (Å²) in [5.41, 5.74) is 6.39. The molecule has 5 rings (SSSR count). The molecule has 2 aromatic rings. The number of nitrogens with zero attached hydrogens (tertiary/aromatic N) is 3. The van der Waals surface area contributed by atoms with Crippen molar-refractivity contribution in [2.45, 2.75) is 32.1 Å². The van der Waals surface area contributed by atoms with Crippen LogP contribution in [-0.4, -0.2) is 49.0 Å². The molecule has 6 nitrogen and oxygen atoms in total. The first-order valence-corrected chi connectivity index (χ1v) is 9.65. The Kier molecular flexibility index (Phi) is 3.93. The van der Waals surface area contributed by atoms with Crippen LogP contribution in [0, 0.1) is 0 Å². The fourth-order valence-corrected chi connectivity index (χ4v) is 4.38. The number of hydrogen-bond donors (Lipinski definition) is 1. The van der Waals surface area contributed by atoms with Gasteiger partial charge in [-0.1, -0.05) is 6.07 Å². The summed E-state index contributed by atoms with van der Waals surface area (Å²) in [6.07, 6.45) is 5.20. The third kappa shape index (κ3) is 2.60. The van der Waals surface area contributed by atoms with E-state index >= 15 is 0 Å². The molecular formula is C20H24N4O2. The maximum absolute atomic E-state index is 13.2. The number of rotatable bonds is 2. The second-order valence-corrected chi connectivity index (χ2v) is 7.36. The number of morpholine rings is 1. The Morgan fingerprint density at radius 1 is 1.08 bits per heavy atom. The van der Waals surface area contributed by atoms with Gasteiger partial charge in [-0.3, -0.25) is 9.89 Å². The van der Waals surface area contributed by atoms with Crippen LogP contribution in [0.2, 0.25) is 0 Å². The van der Waals surface area contributed by atoms with Crippen LogP contribution in [-0.2, 0) is 24.0 Å². The molecule has 0 radical (unpaired) electrons. The van der Waals surface area contributed by atoms with Crippen molar-refractivity contribution >= 4 is 17.3 Å². The molecule has 0 bridgehead atoms. The van der Waals surface area contributed by atoms with Crippen LogP contribution in [0.4, 0.5) is 11.4 Å². The zero-order chi connectivity index (χ0) is 17.5. The van der Waals surface area contributed by atoms with Gasteiger partial charge in [-0.05, 0) is 49.8 Å². The molecule has 1 saturated heterocycles. The molecule has 0 atom stereocenters. The Bertz CT molecular complexity index is 838. The lowest BCUT2D eigenvalue weighted by atomic mass is 9.95. The first-order chi connectivity index (χ1) is 12.8. The van der Waals surface area contributed by atoms with Gasteiger partial charge in [0.2, 0.25) is 0 Å². The third-order valence-electron chi connectivity index (χ3n) is 5.84. The van der Waals surface area contributed by atoms with E-state index in [1.54, 1.807) is 0 Å². The van der Waals surface area contributed by atoms with Crippen LogP contribution in [0.25, 0.3) is 0 Å². The summed E-state index contributed by atoms with van der Waals surface area (Å²) >= 11 is 0. The summed E-state index contributed by atoms with van der Waals surface area (Å²) < 4.78 is 5.46. The van der Waals surface area contributed by atoms with Crippen molar-refractivity contribution in [3.8, 4) is 0 Å². The smallest absolute Gasteiger partial charge is 0.279 e. The average molecular weight is 352 g/mol. The monoisotopic (exact) mass is 352 g/mol. The van der Waals surface area contributed by atoms with E-state index in [4.69, 9.17) is 4.74 Å². The summed E-state index contributed by atoms with van der Waals surface area (Å²) in [4.78, 5) is 17.5. The van der Waals surface area contributed by atoms with Gasteiger partial charge < -0.3 is 14.5 Å². The number of H-pyrrole nitrogens is 1. The predicted octanol–water partition coefficient (Wildman–Crippen LogP) is 2.33. The van der Waals surface area contributed by atoms with E-state index in [2.05, 4.69) is 33.3 Å². The van der Waals surface area contributed by atoms with Crippen LogP contribution in [0.1, 0.15) is 40.2 Å². The first kappa shape index (κ1) is 15.9. The van der Waals surface area contributed by atoms with Gasteiger partial charge in [0.25, 0.3) is 5.91 Å². The second-order valence-electron chi connectivity index (χ2n) is 7.36. The molecule has 1 aromatic heterocycles. The maximum Gasteiger partial charge on any atom is 0.279 e. The molecule has 3 heterocycles. The number of aryl methyl sites for hydroxylation is 1. The number of ether oxygens (including phenoxy) is 1. The average Bonchev–Trinajstić information content (AvgIpc) is 3.32. The highest BCUT2D eigenvalue weighted by molar-refractivity contribution is 6.07. The van der Waals surface area contributed by atoms with Gasteiger partial charge in [0, 0.05) is 42.3 Å². The van der Waals surface area contributed by atoms with Gasteiger partial charge in [-0.25, -0.2) is 0 Å². The number of carbonyl (C=O) groups excluding carboxylic acids is 1. The Morgan fingerprint density at radius 3 is 2.81 bits per heavy atom. The van der Waals surface area contributed by atoms with E-state index in [9.17, 15) is 4.79 Å². The topological polar surface area (TPSA) is 61.5 Å². The van der Waals surface area contributed by atoms with Crippen LogP contribution in [0.5, 0.6) is 0 Å². The van der Waals surface area contributed by atoms with E-state index in [1.807, 2.05) is 4.90 Å². The minimum absolute atomic E-state index is 0.0438. The number of hydrogen-bond acceptors (Lipinski definition) is 4. The van der Waals surface area contributed by atoms with Crippen LogP contribution in [0.15, 0.2) is 18.2 Å². The fourth-order valence-electron chi connectivity index (χ4n) is 4.38. The highest BCUT2D eigenvalue weighted by Gasteiger charge is 2.31. The van der Waals surface area contributed by atoms with Crippen molar-refractivity contribution in [3.05, 3.63) is 40.7 Å². The summed E-state index contributed by atoms with van der Waals surface area (Å²) in [6.45, 7) is 4.07. The quantitative estimate of drug-likeness (QED) is 0.901. The summed E-state index contributed by atoms with van der Waals surface area (Å²) in [6, 6.07) is 6.52. The Labute approximate surface area is 153 Å². The molecule has 1 amide bonds. The number of aromatic nitrogens is 2. The standard InChI is InChI=1S/C20H24N4O2/c25-20(19-16-3-1-2-4-17(16)21-22-19)24-8-7-14-5-6-15(13-18(14)24)23-9-11-26-12-10-23/h5-6,13H,1-4,7-12H2,(H,21,22). The Hall–Kier alpha value is -2.34. The number of benzene rings is 1. The lowest BCUT2D eigenvalue weighted by Gasteiger charge is -2.29. The third-order valence-corrected chi connectivity index (χ3v) is 5.84. The largest absolute Gasteiger partial charge is 0.378 e. The van der Waals surface area contributed by atoms with Crippen molar-refractivity contribution in [2.75, 3.05) is 42.6 Å². The van der Waals surface area contributed by atoms with Gasteiger partial charge in [-0.2, -0.15) is 5.10 Å². The molecule has 0 spiro atoms. The van der Waals surface area contributed by atoms with E-state index in [0.29, 0.717) is 5.69 Å². The van der Waals surface area contributed by atoms with Crippen LogP contribution >= 0.6 is 0 Å². The summed E-state index contributed by atoms with van der Waals surface area (Å²) in [7, 11) is 0. The lowest BCUT2D eigenvalue weighted by Crippen LogP contribution is -2.36. The van der Waals surface area contributed by atoms with E-state index in [0.717, 1.165) is 75.5 Å². The molecule has 2 aliphatic heterocycles. The fraction of sp³-hybridized carbons (Fsp3) is 0.500. The van der Waals surface area contributed by atoms with Gasteiger partial charge in [-0.15, -0.1) is 0 Å². The zero-order valence-electron chi connectivity index (χ0n) is 15.0. The molecule has 1 N–H and O–H groups in total. The van der Waals surface area contributed by atoms with Crippen LogP contribution in [0.3, 0.4) is 0 Å². The molecule has 136 valence electrons. The van der Waals surface area contributed by atoms with Crippen molar-refractivity contribution in [1.29, 1.82) is 0 Å². The molecule has 3 aliphatic rings. The van der Waals surface area contributed by atoms with E-state index < -0.39 is 0 Å². The van der Waals surface area contributed by atoms with Crippen molar-refractivity contribution in [1.82, 2.24) is 10.2 Å². The molecule has 1 fully saturated rings. The number of fused-ring (bicyclic) bond motifs is 2. The molecule has 0 saturated carbocycles. The van der Waals surface area contributed by atoms with Gasteiger partial charge >= 0.3 is 0 Å². The zero-order valence-corrected chi connectivity index (χ0v) is 15.0. The molecule has 6 heteroatoms. The highest BCUT2D eigenvalue weighted by Crippen LogP contribution is 2.34. The summed E-state index contributed by atoms with van der Waals surface area (Å²) in [5.74, 6) is 0.0438. The predicted molar refractivity (Wildman–Crippen MR) is 100 cm³/mol. The Morgan fingerprint density at radius 2 is 1.92 bits per heavy atom. The highest BCUT2D eigenvalue weighted by atomic mass is 16.5. The van der Waals surface area contributed by atoms with Crippen LogP contribution < -0.4 is 9.80 Å². The number of nitrogens with one attached hydrogen (secondary N) is 1. The van der Waals surface area contributed by atoms with Crippen molar-refractivity contribution in [3.63, 3.8) is 0 Å². The van der Waals surface area contributed by atoms with E-state index in [1.165, 1.54) is 17.7 Å². The maximum atomic E-state index is 13.2. The number of aromatic amines is 1. The summed E-state index contributed by atoms with van der Waals surface area (Å²) in [5, 5.41) is 7.48. The number of amides is 1. The molecule has 1 aromatic carbocycles. The molecule has 1 aliphatic carbocycles. The Balaban J connectivity index is 1.45. The molecule has 0 unspecified atom stereocenters. The number of anilines is 2. The normalized spacial score (nSPS) is 19.4. The van der Waals surface area contributed by atoms with Gasteiger partial charge in [0.05, 0.1) is 13.2 Å². The second kappa shape index (κ2) is 6.43.